The molecule has 0 radical (unpaired) electrons. The Balaban J connectivity index is 1.71. The molecule has 1 heterocycles. The summed E-state index contributed by atoms with van der Waals surface area (Å²) in [5.74, 6) is 1.53. The minimum Gasteiger partial charge on any atom is -0.303 e. The predicted octanol–water partition coefficient (Wildman–Crippen LogP) is 3.38. The molecule has 6 heteroatoms. The van der Waals surface area contributed by atoms with Crippen LogP contribution in [0.5, 0.6) is 0 Å². The van der Waals surface area contributed by atoms with E-state index in [4.69, 9.17) is 11.6 Å². The maximum absolute atomic E-state index is 12.2. The molecule has 0 aromatic heterocycles. The molecular formula is C17H27ClN2O2S. The predicted molar refractivity (Wildman–Crippen MR) is 95.3 cm³/mol. The normalized spacial score (nSPS) is 23.1. The van der Waals surface area contributed by atoms with Crippen LogP contribution in [0.1, 0.15) is 33.1 Å². The Bertz CT molecular complexity index is 596. The number of benzene rings is 1. The number of nitrogens with zero attached hydrogens (tertiary/aromatic N) is 1. The van der Waals surface area contributed by atoms with E-state index in [2.05, 4.69) is 23.5 Å². The van der Waals surface area contributed by atoms with Crippen LogP contribution >= 0.6 is 11.6 Å². The highest BCUT2D eigenvalue weighted by Crippen LogP contribution is 2.21. The Hall–Kier alpha value is -0.620. The highest BCUT2D eigenvalue weighted by molar-refractivity contribution is 7.89. The van der Waals surface area contributed by atoms with Gasteiger partial charge in [-0.3, -0.25) is 0 Å². The number of sulfonamides is 1. The standard InChI is InChI=1S/C17H27ClN2O2S/c1-14-10-15(2)13-20(12-14)9-4-3-8-19-23(21,22)17-7-5-6-16(18)11-17/h5-7,11,14-15,19H,3-4,8-10,12-13H2,1-2H3/t14-,15+. The van der Waals surface area contributed by atoms with Gasteiger partial charge in [-0.05, 0) is 55.8 Å². The van der Waals surface area contributed by atoms with Gasteiger partial charge in [0.2, 0.25) is 10.0 Å². The van der Waals surface area contributed by atoms with Gasteiger partial charge in [-0.15, -0.1) is 0 Å². The lowest BCUT2D eigenvalue weighted by molar-refractivity contribution is 0.139. The molecule has 1 aromatic rings. The Kier molecular flexibility index (Phi) is 6.89. The molecule has 1 fully saturated rings. The molecule has 2 rings (SSSR count). The Morgan fingerprint density at radius 3 is 2.57 bits per heavy atom. The summed E-state index contributed by atoms with van der Waals surface area (Å²) in [6.07, 6.45) is 3.17. The van der Waals surface area contributed by atoms with Crippen LogP contribution in [0.25, 0.3) is 0 Å². The molecule has 130 valence electrons. The fraction of sp³-hybridized carbons (Fsp3) is 0.647. The van der Waals surface area contributed by atoms with Crippen molar-refractivity contribution in [1.82, 2.24) is 9.62 Å². The van der Waals surface area contributed by atoms with E-state index >= 15 is 0 Å². The molecule has 4 nitrogen and oxygen atoms in total. The largest absolute Gasteiger partial charge is 0.303 e. The number of hydrogen-bond donors (Lipinski definition) is 1. The molecule has 0 bridgehead atoms. The van der Waals surface area contributed by atoms with Crippen molar-refractivity contribution >= 4 is 21.6 Å². The summed E-state index contributed by atoms with van der Waals surface area (Å²) in [5.41, 5.74) is 0. The Morgan fingerprint density at radius 2 is 1.91 bits per heavy atom. The van der Waals surface area contributed by atoms with Gasteiger partial charge < -0.3 is 4.90 Å². The van der Waals surface area contributed by atoms with Crippen LogP contribution in [0.15, 0.2) is 29.2 Å². The van der Waals surface area contributed by atoms with E-state index in [-0.39, 0.29) is 4.90 Å². The van der Waals surface area contributed by atoms with Crippen LogP contribution < -0.4 is 4.72 Å². The summed E-state index contributed by atoms with van der Waals surface area (Å²) < 4.78 is 27.0. The van der Waals surface area contributed by atoms with Crippen LogP contribution in [-0.4, -0.2) is 39.5 Å². The van der Waals surface area contributed by atoms with Gasteiger partial charge in [0.05, 0.1) is 4.90 Å². The van der Waals surface area contributed by atoms with Crippen molar-refractivity contribution in [3.8, 4) is 0 Å². The van der Waals surface area contributed by atoms with E-state index in [1.165, 1.54) is 25.6 Å². The van der Waals surface area contributed by atoms with Crippen LogP contribution in [0.3, 0.4) is 0 Å². The molecule has 2 atom stereocenters. The first kappa shape index (κ1) is 18.7. The van der Waals surface area contributed by atoms with Gasteiger partial charge >= 0.3 is 0 Å². The lowest BCUT2D eigenvalue weighted by Crippen LogP contribution is -2.39. The lowest BCUT2D eigenvalue weighted by atomic mass is 9.92. The first-order valence-corrected chi connectivity index (χ1v) is 10.2. The zero-order valence-electron chi connectivity index (χ0n) is 14.0. The number of hydrogen-bond acceptors (Lipinski definition) is 3. The molecule has 0 saturated carbocycles. The van der Waals surface area contributed by atoms with Crippen molar-refractivity contribution in [1.29, 1.82) is 0 Å². The fourth-order valence-corrected chi connectivity index (χ4v) is 4.73. The molecule has 1 saturated heterocycles. The third kappa shape index (κ3) is 6.07. The highest BCUT2D eigenvalue weighted by Gasteiger charge is 2.21. The van der Waals surface area contributed by atoms with Crippen LogP contribution in [0, 0.1) is 11.8 Å². The summed E-state index contributed by atoms with van der Waals surface area (Å²) in [5, 5.41) is 0.432. The van der Waals surface area contributed by atoms with Crippen molar-refractivity contribution in [2.75, 3.05) is 26.2 Å². The van der Waals surface area contributed by atoms with Crippen molar-refractivity contribution in [2.24, 2.45) is 11.8 Å². The summed E-state index contributed by atoms with van der Waals surface area (Å²) in [6, 6.07) is 6.35. The molecular weight excluding hydrogens is 332 g/mol. The van der Waals surface area contributed by atoms with Gasteiger partial charge in [-0.2, -0.15) is 0 Å². The zero-order valence-corrected chi connectivity index (χ0v) is 15.5. The van der Waals surface area contributed by atoms with Crippen LogP contribution in [-0.2, 0) is 10.0 Å². The number of halogens is 1. The molecule has 1 aliphatic rings. The second-order valence-corrected chi connectivity index (χ2v) is 8.97. The SMILES string of the molecule is C[C@@H]1C[C@H](C)CN(CCCCNS(=O)(=O)c2cccc(Cl)c2)C1. The van der Waals surface area contributed by atoms with E-state index in [1.54, 1.807) is 18.2 Å². The molecule has 0 spiro atoms. The third-order valence-electron chi connectivity index (χ3n) is 4.24. The summed E-state index contributed by atoms with van der Waals surface area (Å²) >= 11 is 5.85. The Labute approximate surface area is 145 Å². The Morgan fingerprint density at radius 1 is 1.22 bits per heavy atom. The number of piperidine rings is 1. The van der Waals surface area contributed by atoms with Crippen molar-refractivity contribution in [3.63, 3.8) is 0 Å². The average molecular weight is 359 g/mol. The van der Waals surface area contributed by atoms with E-state index < -0.39 is 10.0 Å². The molecule has 1 aromatic carbocycles. The average Bonchev–Trinajstić information content (AvgIpc) is 2.46. The van der Waals surface area contributed by atoms with Crippen molar-refractivity contribution in [2.45, 2.75) is 38.0 Å². The fourth-order valence-electron chi connectivity index (χ4n) is 3.36. The van der Waals surface area contributed by atoms with Crippen molar-refractivity contribution in [3.05, 3.63) is 29.3 Å². The molecule has 23 heavy (non-hydrogen) atoms. The van der Waals surface area contributed by atoms with Crippen molar-refractivity contribution < 1.29 is 8.42 Å². The smallest absolute Gasteiger partial charge is 0.240 e. The molecule has 0 unspecified atom stereocenters. The first-order valence-electron chi connectivity index (χ1n) is 8.34. The minimum absolute atomic E-state index is 0.226. The maximum Gasteiger partial charge on any atom is 0.240 e. The van der Waals surface area contributed by atoms with Gasteiger partial charge in [-0.1, -0.05) is 31.5 Å². The van der Waals surface area contributed by atoms with Gasteiger partial charge in [0.25, 0.3) is 0 Å². The number of rotatable bonds is 7. The van der Waals surface area contributed by atoms with Gasteiger partial charge in [0.1, 0.15) is 0 Å². The van der Waals surface area contributed by atoms with Gasteiger partial charge in [0, 0.05) is 24.7 Å². The summed E-state index contributed by atoms with van der Waals surface area (Å²) in [6.45, 7) is 8.46. The van der Waals surface area contributed by atoms with E-state index in [0.717, 1.165) is 31.2 Å². The quantitative estimate of drug-likeness (QED) is 0.760. The summed E-state index contributed by atoms with van der Waals surface area (Å²) in [7, 11) is -3.45. The monoisotopic (exact) mass is 358 g/mol. The topological polar surface area (TPSA) is 49.4 Å². The second-order valence-electron chi connectivity index (χ2n) is 6.77. The molecule has 1 N–H and O–H groups in total. The summed E-state index contributed by atoms with van der Waals surface area (Å²) in [4.78, 5) is 2.73. The highest BCUT2D eigenvalue weighted by atomic mass is 35.5. The molecule has 0 aliphatic carbocycles. The zero-order chi connectivity index (χ0) is 16.9. The molecule has 0 amide bonds. The third-order valence-corrected chi connectivity index (χ3v) is 5.94. The van der Waals surface area contributed by atoms with Gasteiger partial charge in [-0.25, -0.2) is 13.1 Å². The number of likely N-dealkylation sites (tertiary alicyclic amines) is 1. The maximum atomic E-state index is 12.2. The van der Waals surface area contributed by atoms with E-state index in [9.17, 15) is 8.42 Å². The second kappa shape index (κ2) is 8.47. The number of nitrogens with one attached hydrogen (secondary N) is 1. The van der Waals surface area contributed by atoms with Crippen LogP contribution in [0.2, 0.25) is 5.02 Å². The van der Waals surface area contributed by atoms with Gasteiger partial charge in [0.15, 0.2) is 0 Å². The first-order chi connectivity index (χ1) is 10.9. The van der Waals surface area contributed by atoms with E-state index in [1.807, 2.05) is 0 Å². The molecule has 1 aliphatic heterocycles. The number of unbranched alkanes of at least 4 members (excludes halogenated alkanes) is 1. The minimum atomic E-state index is -3.45. The lowest BCUT2D eigenvalue weighted by Gasteiger charge is -2.34. The van der Waals surface area contributed by atoms with Crippen LogP contribution in [0.4, 0.5) is 0 Å². The van der Waals surface area contributed by atoms with E-state index in [0.29, 0.717) is 11.6 Å².